The molecule has 0 aromatic heterocycles. The maximum atomic E-state index is 13.7. The van der Waals surface area contributed by atoms with Gasteiger partial charge in [-0.25, -0.2) is 4.39 Å². The third kappa shape index (κ3) is 2.62. The van der Waals surface area contributed by atoms with E-state index in [9.17, 15) is 4.39 Å². The number of hydrogen-bond acceptors (Lipinski definition) is 2. The molecule has 0 saturated heterocycles. The second kappa shape index (κ2) is 5.47. The summed E-state index contributed by atoms with van der Waals surface area (Å²) in [5, 5.41) is 0. The molecule has 0 fully saturated rings. The van der Waals surface area contributed by atoms with Gasteiger partial charge in [-0.05, 0) is 45.8 Å². The minimum absolute atomic E-state index is 0.108. The van der Waals surface area contributed by atoms with Crippen molar-refractivity contribution >= 4 is 31.9 Å². The molecule has 2 atom stereocenters. The average Bonchev–Trinajstić information content (AvgIpc) is 2.41. The van der Waals surface area contributed by atoms with Crippen molar-refractivity contribution in [1.82, 2.24) is 0 Å². The molecule has 0 saturated carbocycles. The van der Waals surface area contributed by atoms with E-state index < -0.39 is 0 Å². The van der Waals surface area contributed by atoms with Crippen LogP contribution in [0.4, 0.5) is 4.39 Å². The molecule has 0 aliphatic carbocycles. The predicted molar refractivity (Wildman–Crippen MR) is 83.2 cm³/mol. The number of nitrogens with two attached hydrogens (primary N) is 1. The van der Waals surface area contributed by atoms with Gasteiger partial charge in [-0.2, -0.15) is 0 Å². The fourth-order valence-corrected chi connectivity index (χ4v) is 2.98. The Bertz CT molecular complexity index is 662. The lowest BCUT2D eigenvalue weighted by Crippen LogP contribution is -2.24. The molecule has 1 heterocycles. The Labute approximate surface area is 133 Å². The summed E-state index contributed by atoms with van der Waals surface area (Å²) < 4.78 is 21.0. The molecular formula is C15H12Br2FNO. The van der Waals surface area contributed by atoms with Gasteiger partial charge in [-0.1, -0.05) is 28.1 Å². The summed E-state index contributed by atoms with van der Waals surface area (Å²) in [5.74, 6) is 0.464. The Morgan fingerprint density at radius 3 is 2.70 bits per heavy atom. The summed E-state index contributed by atoms with van der Waals surface area (Å²) in [6.45, 7) is 0. The minimum Gasteiger partial charge on any atom is -0.485 e. The summed E-state index contributed by atoms with van der Waals surface area (Å²) in [6.07, 6.45) is 0.407. The molecule has 1 unspecified atom stereocenters. The van der Waals surface area contributed by atoms with Gasteiger partial charge in [-0.15, -0.1) is 0 Å². The summed E-state index contributed by atoms with van der Waals surface area (Å²) in [4.78, 5) is 0. The molecule has 0 spiro atoms. The fraction of sp³-hybridized carbons (Fsp3) is 0.200. The van der Waals surface area contributed by atoms with Gasteiger partial charge >= 0.3 is 0 Å². The van der Waals surface area contributed by atoms with Crippen molar-refractivity contribution in [1.29, 1.82) is 0 Å². The quantitative estimate of drug-likeness (QED) is 0.740. The van der Waals surface area contributed by atoms with Gasteiger partial charge in [0.25, 0.3) is 0 Å². The highest BCUT2D eigenvalue weighted by Gasteiger charge is 2.27. The zero-order valence-corrected chi connectivity index (χ0v) is 13.6. The molecule has 104 valence electrons. The smallest absolute Gasteiger partial charge is 0.137 e. The summed E-state index contributed by atoms with van der Waals surface area (Å²) in [5.41, 5.74) is 7.98. The molecule has 1 aliphatic rings. The van der Waals surface area contributed by atoms with E-state index in [-0.39, 0.29) is 18.0 Å². The molecule has 2 nitrogen and oxygen atoms in total. The van der Waals surface area contributed by atoms with E-state index in [4.69, 9.17) is 10.5 Å². The van der Waals surface area contributed by atoms with Gasteiger partial charge in [0.15, 0.2) is 0 Å². The topological polar surface area (TPSA) is 35.2 Å². The molecule has 2 aromatic rings. The van der Waals surface area contributed by atoms with Gasteiger partial charge in [0.1, 0.15) is 17.7 Å². The number of hydrogen-bond donors (Lipinski definition) is 1. The monoisotopic (exact) mass is 399 g/mol. The third-order valence-electron chi connectivity index (χ3n) is 3.43. The van der Waals surface area contributed by atoms with E-state index in [1.807, 2.05) is 24.3 Å². The molecule has 0 bridgehead atoms. The van der Waals surface area contributed by atoms with Gasteiger partial charge in [0.2, 0.25) is 0 Å². The number of rotatable bonds is 1. The molecule has 1 aliphatic heterocycles. The van der Waals surface area contributed by atoms with Crippen molar-refractivity contribution in [2.45, 2.75) is 18.6 Å². The highest BCUT2D eigenvalue weighted by atomic mass is 79.9. The van der Waals surface area contributed by atoms with Crippen LogP contribution in [-0.2, 0) is 0 Å². The van der Waals surface area contributed by atoms with Crippen LogP contribution in [0.25, 0.3) is 0 Å². The van der Waals surface area contributed by atoms with E-state index in [0.717, 1.165) is 21.3 Å². The first-order valence-electron chi connectivity index (χ1n) is 6.21. The first kappa shape index (κ1) is 14.0. The molecule has 2 aromatic carbocycles. The van der Waals surface area contributed by atoms with Crippen LogP contribution in [0.2, 0.25) is 0 Å². The van der Waals surface area contributed by atoms with Crippen LogP contribution in [-0.4, -0.2) is 0 Å². The Morgan fingerprint density at radius 2 is 1.95 bits per heavy atom. The van der Waals surface area contributed by atoms with Crippen molar-refractivity contribution in [2.24, 2.45) is 5.73 Å². The number of ether oxygens (including phenoxy) is 1. The standard InChI is InChI=1S/C15H12Br2FNO/c16-9-2-3-10-13(19)7-14(20-15(10)6-9)8-1-4-11(17)12(18)5-8/h1-6,13-14H,7,19H2/t13-,14?/m0/s1. The maximum Gasteiger partial charge on any atom is 0.137 e. The second-order valence-electron chi connectivity index (χ2n) is 4.80. The van der Waals surface area contributed by atoms with Crippen LogP contribution in [0, 0.1) is 5.82 Å². The van der Waals surface area contributed by atoms with Crippen molar-refractivity contribution in [3.8, 4) is 5.75 Å². The summed E-state index contributed by atoms with van der Waals surface area (Å²) in [7, 11) is 0. The number of fused-ring (bicyclic) bond motifs is 1. The van der Waals surface area contributed by atoms with Crippen LogP contribution < -0.4 is 10.5 Å². The number of halogens is 3. The fourth-order valence-electron chi connectivity index (χ4n) is 2.39. The molecule has 2 N–H and O–H groups in total. The Balaban J connectivity index is 1.96. The lowest BCUT2D eigenvalue weighted by molar-refractivity contribution is 0.161. The highest BCUT2D eigenvalue weighted by molar-refractivity contribution is 9.10. The molecule has 20 heavy (non-hydrogen) atoms. The Kier molecular flexibility index (Phi) is 3.84. The van der Waals surface area contributed by atoms with Gasteiger partial charge in [0.05, 0.1) is 4.47 Å². The van der Waals surface area contributed by atoms with E-state index in [0.29, 0.717) is 10.9 Å². The first-order chi connectivity index (χ1) is 9.54. The van der Waals surface area contributed by atoms with Crippen LogP contribution in [0.15, 0.2) is 45.3 Å². The molecule has 0 amide bonds. The van der Waals surface area contributed by atoms with Crippen molar-refractivity contribution < 1.29 is 9.13 Å². The second-order valence-corrected chi connectivity index (χ2v) is 6.57. The third-order valence-corrected chi connectivity index (χ3v) is 4.56. The van der Waals surface area contributed by atoms with Crippen LogP contribution >= 0.6 is 31.9 Å². The molecule has 0 radical (unpaired) electrons. The highest BCUT2D eigenvalue weighted by Crippen LogP contribution is 2.41. The average molecular weight is 401 g/mol. The summed E-state index contributed by atoms with van der Waals surface area (Å²) in [6, 6.07) is 10.7. The Hall–Kier alpha value is -0.910. The van der Waals surface area contributed by atoms with Crippen LogP contribution in [0.5, 0.6) is 5.75 Å². The molecule has 5 heteroatoms. The normalized spacial score (nSPS) is 21.2. The maximum absolute atomic E-state index is 13.7. The number of benzene rings is 2. The largest absolute Gasteiger partial charge is 0.485 e. The van der Waals surface area contributed by atoms with Gasteiger partial charge in [-0.3, -0.25) is 0 Å². The zero-order chi connectivity index (χ0) is 14.3. The minimum atomic E-state index is -0.292. The summed E-state index contributed by atoms with van der Waals surface area (Å²) >= 11 is 6.57. The van der Waals surface area contributed by atoms with E-state index in [1.165, 1.54) is 6.07 Å². The SMILES string of the molecule is N[C@H]1CC(c2ccc(Br)c(F)c2)Oc2cc(Br)ccc21. The van der Waals surface area contributed by atoms with Gasteiger partial charge < -0.3 is 10.5 Å². The lowest BCUT2D eigenvalue weighted by Gasteiger charge is -2.30. The van der Waals surface area contributed by atoms with E-state index in [1.54, 1.807) is 6.07 Å². The van der Waals surface area contributed by atoms with Crippen molar-refractivity contribution in [3.05, 3.63) is 62.3 Å². The van der Waals surface area contributed by atoms with E-state index >= 15 is 0 Å². The van der Waals surface area contributed by atoms with Crippen molar-refractivity contribution in [2.75, 3.05) is 0 Å². The van der Waals surface area contributed by atoms with Crippen LogP contribution in [0.3, 0.4) is 0 Å². The lowest BCUT2D eigenvalue weighted by atomic mass is 9.93. The predicted octanol–water partition coefficient (Wildman–Crippen LogP) is 4.87. The first-order valence-corrected chi connectivity index (χ1v) is 7.80. The zero-order valence-electron chi connectivity index (χ0n) is 10.4. The Morgan fingerprint density at radius 1 is 1.15 bits per heavy atom. The van der Waals surface area contributed by atoms with E-state index in [2.05, 4.69) is 31.9 Å². The van der Waals surface area contributed by atoms with Crippen LogP contribution in [0.1, 0.15) is 29.7 Å². The van der Waals surface area contributed by atoms with Gasteiger partial charge in [0, 0.05) is 22.5 Å². The van der Waals surface area contributed by atoms with Crippen molar-refractivity contribution in [3.63, 3.8) is 0 Å². The molecule has 3 rings (SSSR count). The molecular weight excluding hydrogens is 389 g/mol.